The van der Waals surface area contributed by atoms with Crippen molar-refractivity contribution in [2.45, 2.75) is 40.2 Å². The topological polar surface area (TPSA) is 46.0 Å². The Kier molecular flexibility index (Phi) is 3.19. The summed E-state index contributed by atoms with van der Waals surface area (Å²) in [4.78, 5) is 10.8. The first kappa shape index (κ1) is 12.5. The number of hydrogen-bond donors (Lipinski definition) is 1. The van der Waals surface area contributed by atoms with E-state index < -0.39 is 0 Å². The highest BCUT2D eigenvalue weighted by molar-refractivity contribution is 7.18. The predicted molar refractivity (Wildman–Crippen MR) is 71.3 cm³/mol. The first-order valence-electron chi connectivity index (χ1n) is 5.76. The summed E-state index contributed by atoms with van der Waals surface area (Å²) in [5.41, 5.74) is 0.823. The van der Waals surface area contributed by atoms with Gasteiger partial charge in [0.15, 0.2) is 0 Å². The van der Waals surface area contributed by atoms with Crippen molar-refractivity contribution in [1.82, 2.24) is 9.97 Å². The Morgan fingerprint density at radius 3 is 2.71 bits per heavy atom. The molecular weight excluding hydrogens is 232 g/mol. The van der Waals surface area contributed by atoms with Gasteiger partial charge < -0.3 is 5.11 Å². The molecular formula is C13H18N2OS. The molecule has 0 aliphatic rings. The van der Waals surface area contributed by atoms with Gasteiger partial charge in [0.2, 0.25) is 0 Å². The summed E-state index contributed by atoms with van der Waals surface area (Å²) in [6, 6.07) is 2.10. The van der Waals surface area contributed by atoms with Gasteiger partial charge in [-0.1, -0.05) is 20.8 Å². The van der Waals surface area contributed by atoms with Gasteiger partial charge in [0, 0.05) is 16.7 Å². The van der Waals surface area contributed by atoms with Crippen molar-refractivity contribution >= 4 is 21.6 Å². The fraction of sp³-hybridized carbons (Fsp3) is 0.538. The van der Waals surface area contributed by atoms with Crippen molar-refractivity contribution in [2.24, 2.45) is 5.41 Å². The minimum absolute atomic E-state index is 0.123. The largest absolute Gasteiger partial charge is 0.392 e. The Bertz CT molecular complexity index is 528. The maximum atomic E-state index is 10.1. The van der Waals surface area contributed by atoms with Crippen LogP contribution in [0.25, 0.3) is 10.2 Å². The van der Waals surface area contributed by atoms with E-state index in [-0.39, 0.29) is 11.5 Å². The van der Waals surface area contributed by atoms with Gasteiger partial charge in [0.25, 0.3) is 0 Å². The SMILES string of the molecule is Cc1cc2c(CC(O)C(C)(C)C)ncnc2s1. The van der Waals surface area contributed by atoms with Gasteiger partial charge in [-0.05, 0) is 18.4 Å². The molecule has 0 aliphatic carbocycles. The standard InChI is InChI=1S/C13H18N2OS/c1-8-5-9-10(6-11(16)13(2,3)4)14-7-15-12(9)17-8/h5,7,11,16H,6H2,1-4H3. The normalized spacial score (nSPS) is 14.2. The zero-order valence-electron chi connectivity index (χ0n) is 10.7. The van der Waals surface area contributed by atoms with Crippen molar-refractivity contribution in [3.8, 4) is 0 Å². The fourth-order valence-corrected chi connectivity index (χ4v) is 2.55. The van der Waals surface area contributed by atoms with Crippen LogP contribution in [0.5, 0.6) is 0 Å². The monoisotopic (exact) mass is 250 g/mol. The molecule has 1 unspecified atom stereocenters. The van der Waals surface area contributed by atoms with E-state index in [0.29, 0.717) is 6.42 Å². The third kappa shape index (κ3) is 2.64. The van der Waals surface area contributed by atoms with Crippen molar-refractivity contribution < 1.29 is 5.11 Å². The minimum atomic E-state index is -0.388. The molecule has 1 atom stereocenters. The van der Waals surface area contributed by atoms with Gasteiger partial charge >= 0.3 is 0 Å². The zero-order valence-corrected chi connectivity index (χ0v) is 11.5. The molecule has 1 N–H and O–H groups in total. The lowest BCUT2D eigenvalue weighted by Crippen LogP contribution is -2.28. The number of aromatic nitrogens is 2. The molecule has 92 valence electrons. The van der Waals surface area contributed by atoms with Crippen molar-refractivity contribution in [3.05, 3.63) is 23.0 Å². The molecule has 4 heteroatoms. The average Bonchev–Trinajstić information content (AvgIpc) is 2.58. The van der Waals surface area contributed by atoms with Gasteiger partial charge in [0.05, 0.1) is 11.8 Å². The highest BCUT2D eigenvalue weighted by Gasteiger charge is 2.23. The number of hydrogen-bond acceptors (Lipinski definition) is 4. The van der Waals surface area contributed by atoms with Gasteiger partial charge in [-0.25, -0.2) is 9.97 Å². The molecule has 0 bridgehead atoms. The van der Waals surface area contributed by atoms with Crippen LogP contribution in [-0.2, 0) is 6.42 Å². The Hall–Kier alpha value is -1.00. The summed E-state index contributed by atoms with van der Waals surface area (Å²) in [7, 11) is 0. The van der Waals surface area contributed by atoms with E-state index in [4.69, 9.17) is 0 Å². The van der Waals surface area contributed by atoms with Gasteiger partial charge in [-0.2, -0.15) is 0 Å². The van der Waals surface area contributed by atoms with E-state index in [1.807, 2.05) is 20.8 Å². The molecule has 0 fully saturated rings. The number of fused-ring (bicyclic) bond motifs is 1. The number of aryl methyl sites for hydroxylation is 1. The third-order valence-corrected chi connectivity index (χ3v) is 3.88. The molecule has 0 spiro atoms. The number of nitrogens with zero attached hydrogens (tertiary/aromatic N) is 2. The van der Waals surface area contributed by atoms with Crippen LogP contribution in [0, 0.1) is 12.3 Å². The molecule has 17 heavy (non-hydrogen) atoms. The van der Waals surface area contributed by atoms with E-state index in [1.54, 1.807) is 17.7 Å². The van der Waals surface area contributed by atoms with Crippen LogP contribution in [0.1, 0.15) is 31.3 Å². The summed E-state index contributed by atoms with van der Waals surface area (Å²) < 4.78 is 0. The minimum Gasteiger partial charge on any atom is -0.392 e. The van der Waals surface area contributed by atoms with Crippen LogP contribution in [0.4, 0.5) is 0 Å². The molecule has 3 nitrogen and oxygen atoms in total. The maximum absolute atomic E-state index is 10.1. The van der Waals surface area contributed by atoms with E-state index >= 15 is 0 Å². The first-order valence-corrected chi connectivity index (χ1v) is 6.57. The Morgan fingerprint density at radius 1 is 1.35 bits per heavy atom. The first-order chi connectivity index (χ1) is 7.88. The second-order valence-electron chi connectivity index (χ2n) is 5.48. The molecule has 0 aliphatic heterocycles. The lowest BCUT2D eigenvalue weighted by Gasteiger charge is -2.25. The quantitative estimate of drug-likeness (QED) is 0.891. The van der Waals surface area contributed by atoms with E-state index in [2.05, 4.69) is 23.0 Å². The summed E-state index contributed by atoms with van der Waals surface area (Å²) >= 11 is 1.67. The van der Waals surface area contributed by atoms with E-state index in [0.717, 1.165) is 15.9 Å². The molecule has 2 aromatic rings. The fourth-order valence-electron chi connectivity index (χ4n) is 1.68. The Balaban J connectivity index is 2.36. The second-order valence-corrected chi connectivity index (χ2v) is 6.72. The molecule has 2 heterocycles. The van der Waals surface area contributed by atoms with Gasteiger partial charge in [-0.15, -0.1) is 11.3 Å². The van der Waals surface area contributed by atoms with Crippen LogP contribution in [-0.4, -0.2) is 21.2 Å². The second kappa shape index (κ2) is 4.35. The number of thiophene rings is 1. The molecule has 0 saturated carbocycles. The Morgan fingerprint density at radius 2 is 2.06 bits per heavy atom. The van der Waals surface area contributed by atoms with Crippen molar-refractivity contribution in [2.75, 3.05) is 0 Å². The molecule has 0 amide bonds. The lowest BCUT2D eigenvalue weighted by molar-refractivity contribution is 0.0631. The third-order valence-electron chi connectivity index (χ3n) is 2.92. The zero-order chi connectivity index (χ0) is 12.6. The molecule has 2 rings (SSSR count). The van der Waals surface area contributed by atoms with Crippen molar-refractivity contribution in [3.63, 3.8) is 0 Å². The smallest absolute Gasteiger partial charge is 0.127 e. The number of aliphatic hydroxyl groups is 1. The summed E-state index contributed by atoms with van der Waals surface area (Å²) in [5, 5.41) is 11.2. The summed E-state index contributed by atoms with van der Waals surface area (Å²) in [5.74, 6) is 0. The van der Waals surface area contributed by atoms with Crippen LogP contribution in [0.2, 0.25) is 0 Å². The molecule has 2 aromatic heterocycles. The predicted octanol–water partition coefficient (Wildman–Crippen LogP) is 2.95. The molecule has 0 radical (unpaired) electrons. The summed E-state index contributed by atoms with van der Waals surface area (Å²) in [6.45, 7) is 8.18. The number of rotatable bonds is 2. The number of aliphatic hydroxyl groups excluding tert-OH is 1. The maximum Gasteiger partial charge on any atom is 0.127 e. The lowest BCUT2D eigenvalue weighted by atomic mass is 9.86. The van der Waals surface area contributed by atoms with Crippen LogP contribution in [0.15, 0.2) is 12.4 Å². The molecule has 0 saturated heterocycles. The van der Waals surface area contributed by atoms with Gasteiger partial charge in [0.1, 0.15) is 11.2 Å². The highest BCUT2D eigenvalue weighted by Crippen LogP contribution is 2.28. The van der Waals surface area contributed by atoms with Crippen LogP contribution in [0.3, 0.4) is 0 Å². The van der Waals surface area contributed by atoms with Gasteiger partial charge in [-0.3, -0.25) is 0 Å². The highest BCUT2D eigenvalue weighted by atomic mass is 32.1. The summed E-state index contributed by atoms with van der Waals surface area (Å²) in [6.07, 6.45) is 1.78. The van der Waals surface area contributed by atoms with Crippen molar-refractivity contribution in [1.29, 1.82) is 0 Å². The van der Waals surface area contributed by atoms with E-state index in [1.165, 1.54) is 4.88 Å². The van der Waals surface area contributed by atoms with Crippen LogP contribution < -0.4 is 0 Å². The Labute approximate surface area is 106 Å². The van der Waals surface area contributed by atoms with Crippen LogP contribution >= 0.6 is 11.3 Å². The average molecular weight is 250 g/mol. The van der Waals surface area contributed by atoms with E-state index in [9.17, 15) is 5.11 Å². The molecule has 0 aromatic carbocycles.